The van der Waals surface area contributed by atoms with Crippen molar-refractivity contribution in [2.24, 2.45) is 0 Å². The summed E-state index contributed by atoms with van der Waals surface area (Å²) in [7, 11) is 4.78. The lowest BCUT2D eigenvalue weighted by Crippen LogP contribution is -2.39. The van der Waals surface area contributed by atoms with E-state index in [1.165, 1.54) is 0 Å². The molecule has 8 heteroatoms. The lowest BCUT2D eigenvalue weighted by Gasteiger charge is -2.33. The summed E-state index contributed by atoms with van der Waals surface area (Å²) in [5.74, 6) is 1.45. The van der Waals surface area contributed by atoms with Crippen molar-refractivity contribution in [2.45, 2.75) is 25.8 Å². The van der Waals surface area contributed by atoms with Gasteiger partial charge in [-0.25, -0.2) is 4.98 Å². The second-order valence-electron chi connectivity index (χ2n) is 8.79. The first kappa shape index (κ1) is 26.9. The Kier molecular flexibility index (Phi) is 8.76. The molecule has 1 unspecified atom stereocenters. The maximum atomic E-state index is 14.0. The van der Waals surface area contributed by atoms with Crippen LogP contribution in [0, 0.1) is 0 Å². The number of carbonyl (C=O) groups is 1. The quantitative estimate of drug-likeness (QED) is 0.261. The van der Waals surface area contributed by atoms with E-state index in [1.54, 1.807) is 61.1 Å². The van der Waals surface area contributed by atoms with Gasteiger partial charge in [0.2, 0.25) is 0 Å². The number of para-hydroxylation sites is 2. The highest BCUT2D eigenvalue weighted by Crippen LogP contribution is 2.30. The smallest absolute Gasteiger partial charge is 0.266 e. The summed E-state index contributed by atoms with van der Waals surface area (Å²) in [5, 5.41) is 0.504. The number of hydrogen-bond donors (Lipinski definition) is 0. The van der Waals surface area contributed by atoms with Crippen LogP contribution in [0.4, 0.5) is 0 Å². The molecule has 0 aliphatic heterocycles. The average Bonchev–Trinajstić information content (AvgIpc) is 2.96. The zero-order chi connectivity index (χ0) is 27.1. The summed E-state index contributed by atoms with van der Waals surface area (Å²) in [6, 6.07) is 21.2. The Morgan fingerprint density at radius 3 is 2.34 bits per heavy atom. The highest BCUT2D eigenvalue weighted by Gasteiger charge is 2.30. The van der Waals surface area contributed by atoms with Crippen LogP contribution in [0.1, 0.15) is 42.0 Å². The van der Waals surface area contributed by atoms with Crippen LogP contribution in [0.25, 0.3) is 16.6 Å². The molecule has 0 aliphatic carbocycles. The van der Waals surface area contributed by atoms with E-state index in [0.717, 1.165) is 0 Å². The number of methoxy groups -OCH3 is 3. The summed E-state index contributed by atoms with van der Waals surface area (Å²) in [6.45, 7) is 2.89. The normalized spacial score (nSPS) is 11.8. The average molecular weight is 516 g/mol. The molecule has 198 valence electrons. The summed E-state index contributed by atoms with van der Waals surface area (Å²) < 4.78 is 17.7. The summed E-state index contributed by atoms with van der Waals surface area (Å²) in [4.78, 5) is 34.7. The lowest BCUT2D eigenvalue weighted by atomic mass is 10.1. The third kappa shape index (κ3) is 5.40. The minimum absolute atomic E-state index is 0.198. The molecular weight excluding hydrogens is 482 g/mol. The molecule has 0 N–H and O–H groups in total. The zero-order valence-electron chi connectivity index (χ0n) is 22.2. The van der Waals surface area contributed by atoms with Gasteiger partial charge in [-0.05, 0) is 61.4 Å². The number of aromatic nitrogens is 2. The molecule has 0 saturated carbocycles. The number of fused-ring (bicyclic) bond motifs is 1. The summed E-state index contributed by atoms with van der Waals surface area (Å²) >= 11 is 0. The molecule has 0 radical (unpaired) electrons. The molecule has 4 aromatic rings. The fourth-order valence-corrected chi connectivity index (χ4v) is 4.65. The largest absolute Gasteiger partial charge is 0.497 e. The van der Waals surface area contributed by atoms with Crippen molar-refractivity contribution in [3.63, 3.8) is 0 Å². The summed E-state index contributed by atoms with van der Waals surface area (Å²) in [6.07, 6.45) is 1.16. The van der Waals surface area contributed by atoms with Gasteiger partial charge in [-0.1, -0.05) is 31.2 Å². The van der Waals surface area contributed by atoms with Gasteiger partial charge in [0.1, 0.15) is 17.3 Å². The first-order chi connectivity index (χ1) is 18.5. The second kappa shape index (κ2) is 12.4. The van der Waals surface area contributed by atoms with Crippen LogP contribution in [0.3, 0.4) is 0 Å². The maximum absolute atomic E-state index is 14.0. The Hall–Kier alpha value is -4.17. The van der Waals surface area contributed by atoms with Crippen molar-refractivity contribution in [1.82, 2.24) is 14.5 Å². The van der Waals surface area contributed by atoms with Crippen LogP contribution >= 0.6 is 0 Å². The SMILES string of the molecule is CCC(c1nc2ccccc2c(=O)n1-c1ccc(OC)cc1)N(CCCOC)C(=O)c1ccccc1OC. The van der Waals surface area contributed by atoms with Gasteiger partial charge in [0, 0.05) is 20.3 Å². The lowest BCUT2D eigenvalue weighted by molar-refractivity contribution is 0.0631. The third-order valence-electron chi connectivity index (χ3n) is 6.54. The number of nitrogens with zero attached hydrogens (tertiary/aromatic N) is 3. The molecule has 1 atom stereocenters. The minimum atomic E-state index is -0.497. The van der Waals surface area contributed by atoms with Crippen LogP contribution in [0.2, 0.25) is 0 Å². The van der Waals surface area contributed by atoms with Crippen molar-refractivity contribution in [3.05, 3.63) is 94.5 Å². The van der Waals surface area contributed by atoms with Crippen molar-refractivity contribution in [1.29, 1.82) is 0 Å². The first-order valence-corrected chi connectivity index (χ1v) is 12.6. The third-order valence-corrected chi connectivity index (χ3v) is 6.54. The molecule has 4 rings (SSSR count). The van der Waals surface area contributed by atoms with Gasteiger partial charge in [0.15, 0.2) is 0 Å². The molecule has 1 heterocycles. The predicted molar refractivity (Wildman–Crippen MR) is 147 cm³/mol. The van der Waals surface area contributed by atoms with Gasteiger partial charge in [-0.15, -0.1) is 0 Å². The van der Waals surface area contributed by atoms with Crippen LogP contribution < -0.4 is 15.0 Å². The summed E-state index contributed by atoms with van der Waals surface area (Å²) in [5.41, 5.74) is 1.47. The highest BCUT2D eigenvalue weighted by molar-refractivity contribution is 5.97. The van der Waals surface area contributed by atoms with E-state index in [9.17, 15) is 9.59 Å². The van der Waals surface area contributed by atoms with Crippen LogP contribution in [-0.4, -0.2) is 54.8 Å². The van der Waals surface area contributed by atoms with Crippen LogP contribution in [-0.2, 0) is 4.74 Å². The van der Waals surface area contributed by atoms with Gasteiger partial charge in [-0.2, -0.15) is 0 Å². The molecule has 8 nitrogen and oxygen atoms in total. The molecule has 1 aromatic heterocycles. The van der Waals surface area contributed by atoms with E-state index >= 15 is 0 Å². The Balaban J connectivity index is 1.93. The van der Waals surface area contributed by atoms with E-state index in [1.807, 2.05) is 49.4 Å². The molecule has 0 fully saturated rings. The highest BCUT2D eigenvalue weighted by atomic mass is 16.5. The van der Waals surface area contributed by atoms with Crippen molar-refractivity contribution < 1.29 is 19.0 Å². The minimum Gasteiger partial charge on any atom is -0.497 e. The molecular formula is C30H33N3O5. The number of benzene rings is 3. The van der Waals surface area contributed by atoms with Gasteiger partial charge in [0.25, 0.3) is 11.5 Å². The van der Waals surface area contributed by atoms with E-state index in [2.05, 4.69) is 0 Å². The van der Waals surface area contributed by atoms with E-state index in [-0.39, 0.29) is 11.5 Å². The second-order valence-corrected chi connectivity index (χ2v) is 8.79. The topological polar surface area (TPSA) is 82.9 Å². The molecule has 0 bridgehead atoms. The molecule has 0 saturated heterocycles. The Morgan fingerprint density at radius 1 is 0.947 bits per heavy atom. The Labute approximate surface area is 222 Å². The van der Waals surface area contributed by atoms with Crippen molar-refractivity contribution >= 4 is 16.8 Å². The van der Waals surface area contributed by atoms with Gasteiger partial charge >= 0.3 is 0 Å². The van der Waals surface area contributed by atoms with E-state index in [0.29, 0.717) is 65.5 Å². The number of hydrogen-bond acceptors (Lipinski definition) is 6. The van der Waals surface area contributed by atoms with Gasteiger partial charge in [0.05, 0.1) is 42.4 Å². The molecule has 0 aliphatic rings. The van der Waals surface area contributed by atoms with E-state index in [4.69, 9.17) is 19.2 Å². The number of ether oxygens (including phenoxy) is 3. The standard InChI is InChI=1S/C30H33N3O5/c1-5-26(32(19-10-20-36-2)29(34)24-12-7-9-14-27(24)38-4)28-31-25-13-8-6-11-23(25)30(35)33(28)21-15-17-22(37-3)18-16-21/h6-9,11-18,26H,5,10,19-20H2,1-4H3. The van der Waals surface area contributed by atoms with Crippen molar-refractivity contribution in [2.75, 3.05) is 34.5 Å². The number of rotatable bonds is 11. The maximum Gasteiger partial charge on any atom is 0.266 e. The molecule has 0 spiro atoms. The number of amides is 1. The van der Waals surface area contributed by atoms with Crippen LogP contribution in [0.15, 0.2) is 77.6 Å². The number of carbonyl (C=O) groups excluding carboxylic acids is 1. The van der Waals surface area contributed by atoms with Crippen molar-refractivity contribution in [3.8, 4) is 17.2 Å². The monoisotopic (exact) mass is 515 g/mol. The Bertz CT molecular complexity index is 1450. The fourth-order valence-electron chi connectivity index (χ4n) is 4.65. The molecule has 38 heavy (non-hydrogen) atoms. The Morgan fingerprint density at radius 2 is 1.66 bits per heavy atom. The van der Waals surface area contributed by atoms with Gasteiger partial charge in [-0.3, -0.25) is 14.2 Å². The predicted octanol–water partition coefficient (Wildman–Crippen LogP) is 5.03. The molecule has 3 aromatic carbocycles. The zero-order valence-corrected chi connectivity index (χ0v) is 22.2. The fraction of sp³-hybridized carbons (Fsp3) is 0.300. The van der Waals surface area contributed by atoms with Crippen LogP contribution in [0.5, 0.6) is 11.5 Å². The van der Waals surface area contributed by atoms with Gasteiger partial charge < -0.3 is 19.1 Å². The van der Waals surface area contributed by atoms with E-state index < -0.39 is 6.04 Å². The first-order valence-electron chi connectivity index (χ1n) is 12.6. The molecule has 1 amide bonds.